The standard InChI is InChI=1S/C39H46Cl2N4O8/c1-50-31-21-26(22-32(51-2)34(31)52-3)35(46)44-18-12-38(25-44,28-9-10-29(40)30(41)23-28)11-15-43-16-13-39(14-17-43,27-7-5-4-6-8-27)37(49)42-45-19-20-53-33(24-45)36(47)48/h4-10,21-23,33H,11-20,24-25H2,1-3H3,(H,42,49)(H,47,48)/t33-,38+/m1/s1. The van der Waals surface area contributed by atoms with Crippen molar-refractivity contribution in [1.29, 1.82) is 0 Å². The quantitative estimate of drug-likeness (QED) is 0.259. The molecule has 14 heteroatoms. The van der Waals surface area contributed by atoms with Gasteiger partial charge in [-0.3, -0.25) is 15.0 Å². The van der Waals surface area contributed by atoms with E-state index in [9.17, 15) is 19.5 Å². The lowest BCUT2D eigenvalue weighted by Gasteiger charge is -2.43. The number of carboxylic acids is 1. The van der Waals surface area contributed by atoms with Crippen LogP contribution in [0.4, 0.5) is 0 Å². The van der Waals surface area contributed by atoms with E-state index < -0.39 is 22.9 Å². The highest BCUT2D eigenvalue weighted by Crippen LogP contribution is 2.43. The Bertz CT molecular complexity index is 1780. The van der Waals surface area contributed by atoms with Crippen LogP contribution in [-0.4, -0.2) is 118 Å². The maximum absolute atomic E-state index is 14.1. The Morgan fingerprint density at radius 1 is 0.868 bits per heavy atom. The second kappa shape index (κ2) is 16.5. The van der Waals surface area contributed by atoms with Gasteiger partial charge < -0.3 is 33.9 Å². The number of hydrogen-bond acceptors (Lipinski definition) is 9. The van der Waals surface area contributed by atoms with Gasteiger partial charge in [0.15, 0.2) is 17.6 Å². The third kappa shape index (κ3) is 8.07. The van der Waals surface area contributed by atoms with Gasteiger partial charge in [0.25, 0.3) is 5.91 Å². The first-order valence-corrected chi connectivity index (χ1v) is 18.5. The number of likely N-dealkylation sites (tertiary alicyclic amines) is 2. The van der Waals surface area contributed by atoms with Gasteiger partial charge in [0, 0.05) is 30.6 Å². The van der Waals surface area contributed by atoms with E-state index in [0.717, 1.165) is 30.5 Å². The number of ether oxygens (including phenoxy) is 4. The molecule has 3 fully saturated rings. The molecule has 3 aromatic rings. The molecule has 0 aromatic heterocycles. The molecule has 0 unspecified atom stereocenters. The highest BCUT2D eigenvalue weighted by molar-refractivity contribution is 6.42. The van der Waals surface area contributed by atoms with Crippen LogP contribution in [0.3, 0.4) is 0 Å². The number of piperidine rings is 1. The third-order valence-corrected chi connectivity index (χ3v) is 11.8. The zero-order valence-corrected chi connectivity index (χ0v) is 31.8. The summed E-state index contributed by atoms with van der Waals surface area (Å²) in [5.41, 5.74) is 4.25. The van der Waals surface area contributed by atoms with Crippen LogP contribution in [0.25, 0.3) is 0 Å². The summed E-state index contributed by atoms with van der Waals surface area (Å²) in [6, 6.07) is 18.9. The second-order valence-electron chi connectivity index (χ2n) is 13.9. The van der Waals surface area contributed by atoms with E-state index in [-0.39, 0.29) is 25.0 Å². The number of carboxylic acid groups (broad SMARTS) is 1. The number of morpholine rings is 1. The van der Waals surface area contributed by atoms with E-state index in [1.807, 2.05) is 53.4 Å². The lowest BCUT2D eigenvalue weighted by atomic mass is 9.71. The number of halogens is 2. The Kier molecular flexibility index (Phi) is 12.0. The minimum atomic E-state index is -1.05. The Balaban J connectivity index is 1.19. The van der Waals surface area contributed by atoms with Crippen LogP contribution in [0, 0.1) is 0 Å². The van der Waals surface area contributed by atoms with Crippen LogP contribution in [0.15, 0.2) is 60.7 Å². The summed E-state index contributed by atoms with van der Waals surface area (Å²) >= 11 is 12.9. The first-order chi connectivity index (χ1) is 25.5. The fourth-order valence-electron chi connectivity index (χ4n) is 7.93. The molecule has 0 saturated carbocycles. The number of benzene rings is 3. The van der Waals surface area contributed by atoms with Crippen molar-refractivity contribution in [3.63, 3.8) is 0 Å². The lowest BCUT2D eigenvalue weighted by Crippen LogP contribution is -2.59. The van der Waals surface area contributed by atoms with Crippen molar-refractivity contribution in [1.82, 2.24) is 20.2 Å². The molecule has 3 aliphatic rings. The van der Waals surface area contributed by atoms with Crippen molar-refractivity contribution in [3.8, 4) is 17.2 Å². The molecule has 3 saturated heterocycles. The molecular weight excluding hydrogens is 723 g/mol. The van der Waals surface area contributed by atoms with Crippen LogP contribution in [-0.2, 0) is 25.2 Å². The molecule has 284 valence electrons. The normalized spacial score (nSPS) is 21.9. The molecule has 0 bridgehead atoms. The smallest absolute Gasteiger partial charge is 0.334 e. The average Bonchev–Trinajstić information content (AvgIpc) is 3.63. The predicted molar refractivity (Wildman–Crippen MR) is 200 cm³/mol. The van der Waals surface area contributed by atoms with E-state index in [1.165, 1.54) is 21.3 Å². The number of hydrazine groups is 1. The monoisotopic (exact) mass is 768 g/mol. The van der Waals surface area contributed by atoms with Crippen LogP contribution >= 0.6 is 23.2 Å². The summed E-state index contributed by atoms with van der Waals surface area (Å²) in [5, 5.41) is 12.1. The number of nitrogens with one attached hydrogen (secondary N) is 1. The van der Waals surface area contributed by atoms with Gasteiger partial charge in [-0.15, -0.1) is 0 Å². The molecule has 0 radical (unpaired) electrons. The number of amides is 2. The number of methoxy groups -OCH3 is 3. The molecule has 0 aliphatic carbocycles. The fourth-order valence-corrected chi connectivity index (χ4v) is 8.23. The number of hydrogen-bond donors (Lipinski definition) is 2. The summed E-state index contributed by atoms with van der Waals surface area (Å²) in [5.74, 6) is -0.100. The summed E-state index contributed by atoms with van der Waals surface area (Å²) in [6.07, 6.45) is 1.65. The SMILES string of the molecule is COc1cc(C(=O)N2CC[C@](CCN3CCC(C(=O)NN4CCO[C@@H](C(=O)O)C4)(c4ccccc4)CC3)(c3ccc(Cl)c(Cl)c3)C2)cc(OC)c1OC. The first-order valence-electron chi connectivity index (χ1n) is 17.8. The van der Waals surface area contributed by atoms with Crippen LogP contribution in [0.2, 0.25) is 10.0 Å². The van der Waals surface area contributed by atoms with Gasteiger partial charge in [-0.05, 0) is 80.7 Å². The number of aliphatic carboxylic acids is 1. The molecule has 2 N–H and O–H groups in total. The predicted octanol–water partition coefficient (Wildman–Crippen LogP) is 5.04. The summed E-state index contributed by atoms with van der Waals surface area (Å²) < 4.78 is 21.9. The van der Waals surface area contributed by atoms with Crippen molar-refractivity contribution >= 4 is 41.0 Å². The fraction of sp³-hybridized carbons (Fsp3) is 0.462. The molecule has 3 aliphatic heterocycles. The van der Waals surface area contributed by atoms with E-state index in [4.69, 9.17) is 42.1 Å². The van der Waals surface area contributed by atoms with Gasteiger partial charge in [-0.25, -0.2) is 9.80 Å². The highest BCUT2D eigenvalue weighted by atomic mass is 35.5. The Labute approximate surface area is 319 Å². The minimum absolute atomic E-state index is 0.0773. The number of nitrogens with zero attached hydrogens (tertiary/aromatic N) is 3. The van der Waals surface area contributed by atoms with E-state index in [2.05, 4.69) is 10.3 Å². The Morgan fingerprint density at radius 2 is 1.57 bits per heavy atom. The second-order valence-corrected chi connectivity index (χ2v) is 14.7. The van der Waals surface area contributed by atoms with E-state index in [1.54, 1.807) is 17.1 Å². The van der Waals surface area contributed by atoms with Crippen molar-refractivity contribution in [2.75, 3.05) is 73.7 Å². The molecule has 6 rings (SSSR count). The molecule has 0 spiro atoms. The third-order valence-electron chi connectivity index (χ3n) is 11.1. The molecule has 12 nitrogen and oxygen atoms in total. The number of rotatable bonds is 12. The Morgan fingerprint density at radius 3 is 2.19 bits per heavy atom. The molecule has 3 aromatic carbocycles. The molecular formula is C39H46Cl2N4O8. The van der Waals surface area contributed by atoms with Crippen molar-refractivity contribution in [3.05, 3.63) is 87.4 Å². The number of carbonyl (C=O) groups is 3. The summed E-state index contributed by atoms with van der Waals surface area (Å²) in [7, 11) is 4.57. The van der Waals surface area contributed by atoms with Crippen molar-refractivity contribution in [2.24, 2.45) is 0 Å². The maximum atomic E-state index is 14.1. The van der Waals surface area contributed by atoms with Gasteiger partial charge in [0.2, 0.25) is 11.7 Å². The van der Waals surface area contributed by atoms with E-state index >= 15 is 0 Å². The van der Waals surface area contributed by atoms with Crippen molar-refractivity contribution in [2.45, 2.75) is 42.6 Å². The highest BCUT2D eigenvalue weighted by Gasteiger charge is 2.46. The molecule has 3 heterocycles. The minimum Gasteiger partial charge on any atom is -0.493 e. The van der Waals surface area contributed by atoms with Crippen LogP contribution in [0.1, 0.15) is 47.2 Å². The summed E-state index contributed by atoms with van der Waals surface area (Å²) in [4.78, 5) is 44.0. The van der Waals surface area contributed by atoms with Crippen molar-refractivity contribution < 1.29 is 38.4 Å². The van der Waals surface area contributed by atoms with Gasteiger partial charge in [0.1, 0.15) is 0 Å². The topological polar surface area (TPSA) is 130 Å². The Hall–Kier alpha value is -4.07. The maximum Gasteiger partial charge on any atom is 0.334 e. The number of carbonyl (C=O) groups excluding carboxylic acids is 2. The molecule has 2 amide bonds. The first kappa shape index (κ1) is 38.6. The van der Waals surface area contributed by atoms with Gasteiger partial charge >= 0.3 is 5.97 Å². The van der Waals surface area contributed by atoms with Crippen LogP contribution < -0.4 is 19.6 Å². The summed E-state index contributed by atoms with van der Waals surface area (Å²) in [6.45, 7) is 3.80. The van der Waals surface area contributed by atoms with Gasteiger partial charge in [0.05, 0.1) is 49.9 Å². The van der Waals surface area contributed by atoms with E-state index in [0.29, 0.717) is 78.4 Å². The zero-order valence-electron chi connectivity index (χ0n) is 30.2. The molecule has 53 heavy (non-hydrogen) atoms. The van der Waals surface area contributed by atoms with Crippen LogP contribution in [0.5, 0.6) is 17.2 Å². The molecule has 2 atom stereocenters. The van der Waals surface area contributed by atoms with Gasteiger partial charge in [-0.1, -0.05) is 59.6 Å². The zero-order chi connectivity index (χ0) is 37.8. The lowest BCUT2D eigenvalue weighted by molar-refractivity contribution is -0.160. The van der Waals surface area contributed by atoms with Gasteiger partial charge in [-0.2, -0.15) is 0 Å². The largest absolute Gasteiger partial charge is 0.493 e. The average molecular weight is 770 g/mol.